The fraction of sp³-hybridized carbons (Fsp3) is 0.462. The quantitative estimate of drug-likeness (QED) is 0.174. The number of hydrogen-bond donors (Lipinski definition) is 2. The Morgan fingerprint density at radius 3 is 2.37 bits per heavy atom. The molecule has 0 amide bonds. The topological polar surface area (TPSA) is 60.2 Å². The number of hydrogen-bond acceptors (Lipinski definition) is 4. The van der Waals surface area contributed by atoms with Crippen LogP contribution < -0.4 is 0 Å². The molecule has 0 spiro atoms. The van der Waals surface area contributed by atoms with E-state index in [2.05, 4.69) is 44.2 Å². The fourth-order valence-corrected chi connectivity index (χ4v) is 8.74. The van der Waals surface area contributed by atoms with Crippen LogP contribution in [-0.2, 0) is 4.43 Å². The molecule has 1 saturated heterocycles. The van der Waals surface area contributed by atoms with Crippen molar-refractivity contribution in [1.29, 1.82) is 0 Å². The Bertz CT molecular complexity index is 1300. The lowest BCUT2D eigenvalue weighted by Gasteiger charge is -2.45. The van der Waals surface area contributed by atoms with Crippen LogP contribution in [0.4, 0.5) is 13.2 Å². The number of benzene rings is 2. The summed E-state index contributed by atoms with van der Waals surface area (Å²) in [5, 5.41) is 20.6. The van der Waals surface area contributed by atoms with E-state index in [1.165, 1.54) is 10.9 Å². The monoisotopic (exact) mass is 605 g/mol. The molecule has 4 rings (SSSR count). The summed E-state index contributed by atoms with van der Waals surface area (Å²) in [6, 6.07) is 6.93. The first-order valence-corrected chi connectivity index (χ1v) is 17.6. The molecule has 0 radical (unpaired) electrons. The highest BCUT2D eigenvalue weighted by Crippen LogP contribution is 2.51. The first kappa shape index (κ1) is 29.4. The number of thiol groups is 1. The molecule has 1 aliphatic rings. The van der Waals surface area contributed by atoms with Gasteiger partial charge in [0.25, 0.3) is 0 Å². The zero-order chi connectivity index (χ0) is 28.0. The summed E-state index contributed by atoms with van der Waals surface area (Å²) >= 11 is 12.5. The number of rotatable bonds is 6. The third kappa shape index (κ3) is 5.95. The van der Waals surface area contributed by atoms with Crippen LogP contribution >= 0.6 is 34.1 Å². The van der Waals surface area contributed by atoms with Gasteiger partial charge in [-0.05, 0) is 65.5 Å². The van der Waals surface area contributed by atoms with Crippen LogP contribution in [0.15, 0.2) is 41.4 Å². The third-order valence-corrected chi connectivity index (χ3v) is 15.8. The molecule has 1 aromatic heterocycles. The molecule has 0 aliphatic carbocycles. The predicted octanol–water partition coefficient (Wildman–Crippen LogP) is 7.43. The van der Waals surface area contributed by atoms with Gasteiger partial charge in [0, 0.05) is 17.4 Å². The average molecular weight is 607 g/mol. The molecule has 38 heavy (non-hydrogen) atoms. The van der Waals surface area contributed by atoms with Crippen molar-refractivity contribution < 1.29 is 22.7 Å². The van der Waals surface area contributed by atoms with Crippen LogP contribution in [-0.4, -0.2) is 52.1 Å². The van der Waals surface area contributed by atoms with E-state index < -0.39 is 48.8 Å². The van der Waals surface area contributed by atoms with Gasteiger partial charge in [0.15, 0.2) is 25.8 Å². The molecule has 2 heterocycles. The van der Waals surface area contributed by atoms with Gasteiger partial charge in [-0.15, -0.1) is 5.10 Å². The summed E-state index contributed by atoms with van der Waals surface area (Å²) in [7, 11) is -2.96. The Morgan fingerprint density at radius 2 is 1.76 bits per heavy atom. The normalized spacial score (nSPS) is 23.6. The van der Waals surface area contributed by atoms with Crippen LogP contribution in [0.3, 0.4) is 0 Å². The maximum absolute atomic E-state index is 13.8. The lowest BCUT2D eigenvalue weighted by Crippen LogP contribution is -2.48. The van der Waals surface area contributed by atoms with Crippen LogP contribution in [0.1, 0.15) is 33.2 Å². The maximum Gasteiger partial charge on any atom is 0.194 e. The van der Waals surface area contributed by atoms with E-state index >= 15 is 0 Å². The minimum absolute atomic E-state index is 0.00112. The molecule has 208 valence electrons. The van der Waals surface area contributed by atoms with Crippen molar-refractivity contribution >= 4 is 42.4 Å². The van der Waals surface area contributed by atoms with Crippen molar-refractivity contribution in [3.05, 3.63) is 64.0 Å². The molecule has 1 aliphatic heterocycles. The molecule has 1 unspecified atom stereocenters. The van der Waals surface area contributed by atoms with Gasteiger partial charge in [-0.3, -0.25) is 0 Å². The summed E-state index contributed by atoms with van der Waals surface area (Å²) in [6.45, 7) is 11.2. The van der Waals surface area contributed by atoms with Gasteiger partial charge in [-0.1, -0.05) is 49.2 Å². The number of halogens is 5. The smallest absolute Gasteiger partial charge is 0.194 e. The molecule has 0 saturated carbocycles. The second-order valence-electron chi connectivity index (χ2n) is 11.1. The second-order valence-corrected chi connectivity index (χ2v) is 19.3. The summed E-state index contributed by atoms with van der Waals surface area (Å²) in [5.74, 6) is -3.37. The van der Waals surface area contributed by atoms with Crippen molar-refractivity contribution in [2.75, 3.05) is 12.4 Å². The molecule has 4 atom stereocenters. The maximum atomic E-state index is 13.8. The molecule has 1 N–H and O–H groups in total. The fourth-order valence-electron chi connectivity index (χ4n) is 4.30. The van der Waals surface area contributed by atoms with Gasteiger partial charge >= 0.3 is 0 Å². The van der Waals surface area contributed by atoms with Crippen molar-refractivity contribution in [3.8, 4) is 11.3 Å². The number of aromatic nitrogens is 3. The Morgan fingerprint density at radius 1 is 1.11 bits per heavy atom. The van der Waals surface area contributed by atoms with Crippen molar-refractivity contribution in [2.24, 2.45) is 0 Å². The number of aliphatic hydroxyl groups is 1. The minimum Gasteiger partial charge on any atom is -0.416 e. The van der Waals surface area contributed by atoms with Gasteiger partial charge in [-0.2, -0.15) is 0 Å². The van der Waals surface area contributed by atoms with Crippen LogP contribution in [0.5, 0.6) is 0 Å². The molecule has 12 heteroatoms. The Balaban J connectivity index is 1.64. The standard InChI is InChI=1S/C26H32Cl2F3N3O2SSi/c1-26(2,3)38(4,5)36-14-23-25(35)22(8-9-37(23)16-6-7-17(27)18(28)12-16)34-13-21(32-33-34)15-10-19(29)24(31)20(30)11-15/h6-7,10-13,22-23,25,35,37H,8-9,14H2,1-5H3/t22-,23-,25-/m1/s1. The molecule has 1 fully saturated rings. The summed E-state index contributed by atoms with van der Waals surface area (Å²) < 4.78 is 49.1. The number of nitrogens with zero attached hydrogens (tertiary/aromatic N) is 3. The first-order valence-electron chi connectivity index (χ1n) is 12.3. The van der Waals surface area contributed by atoms with E-state index in [9.17, 15) is 18.3 Å². The lowest BCUT2D eigenvalue weighted by molar-refractivity contribution is 0.0777. The minimum atomic E-state index is -2.11. The van der Waals surface area contributed by atoms with E-state index in [-0.39, 0.29) is 21.5 Å². The Hall–Kier alpha value is -1.56. The Labute approximate surface area is 234 Å². The number of aliphatic hydroxyl groups excluding tert-OH is 1. The molecule has 0 bridgehead atoms. The van der Waals surface area contributed by atoms with Crippen LogP contribution in [0, 0.1) is 17.5 Å². The highest BCUT2D eigenvalue weighted by molar-refractivity contribution is 8.17. The molecule has 3 aromatic rings. The van der Waals surface area contributed by atoms with Gasteiger partial charge in [0.2, 0.25) is 0 Å². The van der Waals surface area contributed by atoms with E-state index in [0.717, 1.165) is 22.8 Å². The second kappa shape index (κ2) is 11.1. The van der Waals surface area contributed by atoms with E-state index in [0.29, 0.717) is 23.1 Å². The van der Waals surface area contributed by atoms with E-state index in [1.807, 2.05) is 12.1 Å². The van der Waals surface area contributed by atoms with Gasteiger partial charge < -0.3 is 9.53 Å². The van der Waals surface area contributed by atoms with Gasteiger partial charge in [-0.25, -0.2) is 28.7 Å². The summed E-state index contributed by atoms with van der Waals surface area (Å²) in [5.41, 5.74) is 0.246. The summed E-state index contributed by atoms with van der Waals surface area (Å²) in [4.78, 5) is 1.03. The largest absolute Gasteiger partial charge is 0.416 e. The van der Waals surface area contributed by atoms with Gasteiger partial charge in [0.1, 0.15) is 5.69 Å². The zero-order valence-electron chi connectivity index (χ0n) is 21.9. The van der Waals surface area contributed by atoms with E-state index in [4.69, 9.17) is 27.6 Å². The van der Waals surface area contributed by atoms with Gasteiger partial charge in [0.05, 0.1) is 28.4 Å². The van der Waals surface area contributed by atoms with Crippen LogP contribution in [0.25, 0.3) is 11.3 Å². The van der Waals surface area contributed by atoms with Crippen molar-refractivity contribution in [2.45, 2.75) is 67.6 Å². The molecule has 5 nitrogen and oxygen atoms in total. The zero-order valence-corrected chi connectivity index (χ0v) is 25.3. The van der Waals surface area contributed by atoms with E-state index in [1.54, 1.807) is 6.07 Å². The predicted molar refractivity (Wildman–Crippen MR) is 151 cm³/mol. The van der Waals surface area contributed by atoms with Crippen molar-refractivity contribution in [1.82, 2.24) is 15.0 Å². The first-order chi connectivity index (χ1) is 17.7. The molecular weight excluding hydrogens is 574 g/mol. The summed E-state index contributed by atoms with van der Waals surface area (Å²) in [6.07, 6.45) is 1.29. The third-order valence-electron chi connectivity index (χ3n) is 7.64. The van der Waals surface area contributed by atoms with Crippen molar-refractivity contribution in [3.63, 3.8) is 0 Å². The molecular formula is C26H32Cl2F3N3O2SSi. The Kier molecular flexibility index (Phi) is 8.62. The van der Waals surface area contributed by atoms with Crippen LogP contribution in [0.2, 0.25) is 28.2 Å². The SMILES string of the molecule is CC(C)(C)[Si](C)(C)OC[C@@H]1[C@H](O)[C@H](n2cc(-c3cc(F)c(F)c(F)c3)nn2)CC[SH]1c1ccc(Cl)c(Cl)c1. The molecule has 2 aromatic carbocycles. The highest BCUT2D eigenvalue weighted by Gasteiger charge is 2.43. The average Bonchev–Trinajstić information content (AvgIpc) is 3.32. The lowest BCUT2D eigenvalue weighted by atomic mass is 10.0. The highest BCUT2D eigenvalue weighted by atomic mass is 35.5.